The van der Waals surface area contributed by atoms with Crippen molar-refractivity contribution in [2.75, 3.05) is 13.2 Å². The number of alkyl carbamates (subject to hydrolysis) is 1. The second-order valence-corrected chi connectivity index (χ2v) is 5.01. The lowest BCUT2D eigenvalue weighted by molar-refractivity contribution is 0.120. The number of rotatable bonds is 5. The molecule has 1 amide bonds. The van der Waals surface area contributed by atoms with Crippen LogP contribution in [-0.2, 0) is 4.74 Å². The van der Waals surface area contributed by atoms with Crippen LogP contribution in [-0.4, -0.2) is 24.8 Å². The van der Waals surface area contributed by atoms with Gasteiger partial charge < -0.3 is 15.8 Å². The first-order valence-electron chi connectivity index (χ1n) is 5.63. The van der Waals surface area contributed by atoms with Crippen LogP contribution in [0.2, 0.25) is 0 Å². The lowest BCUT2D eigenvalue weighted by atomic mass is 9.96. The van der Waals surface area contributed by atoms with E-state index in [1.807, 2.05) is 20.8 Å². The second-order valence-electron chi connectivity index (χ2n) is 5.01. The molecule has 1 unspecified atom stereocenters. The Morgan fingerprint density at radius 1 is 1.60 bits per heavy atom. The summed E-state index contributed by atoms with van der Waals surface area (Å²) in [5.74, 6) is 0.884. The quantitative estimate of drug-likeness (QED) is 0.729. The Balaban J connectivity index is 2.34. The van der Waals surface area contributed by atoms with Gasteiger partial charge in [0.15, 0.2) is 0 Å². The van der Waals surface area contributed by atoms with Gasteiger partial charge in [-0.25, -0.2) is 4.79 Å². The van der Waals surface area contributed by atoms with E-state index in [9.17, 15) is 4.79 Å². The zero-order chi connectivity index (χ0) is 11.5. The maximum absolute atomic E-state index is 11.5. The first-order valence-corrected chi connectivity index (χ1v) is 5.63. The van der Waals surface area contributed by atoms with Crippen molar-refractivity contribution >= 4 is 6.09 Å². The predicted octanol–water partition coefficient (Wildman–Crippen LogP) is 1.50. The first kappa shape index (κ1) is 12.3. The molecule has 4 nitrogen and oxygen atoms in total. The van der Waals surface area contributed by atoms with Crippen LogP contribution in [0.15, 0.2) is 0 Å². The average molecular weight is 214 g/mol. The SMILES string of the molecule is CC(C)COC(=O)NC(C)(CN)C1CC1. The van der Waals surface area contributed by atoms with Gasteiger partial charge in [0, 0.05) is 6.54 Å². The normalized spacial score (nSPS) is 19.8. The summed E-state index contributed by atoms with van der Waals surface area (Å²) >= 11 is 0. The van der Waals surface area contributed by atoms with E-state index < -0.39 is 0 Å². The zero-order valence-corrected chi connectivity index (χ0v) is 9.88. The highest BCUT2D eigenvalue weighted by atomic mass is 16.5. The molecule has 1 fully saturated rings. The van der Waals surface area contributed by atoms with Crippen LogP contribution in [0.3, 0.4) is 0 Å². The van der Waals surface area contributed by atoms with Crippen molar-refractivity contribution < 1.29 is 9.53 Å². The first-order chi connectivity index (χ1) is 6.98. The molecule has 0 saturated heterocycles. The number of nitrogens with two attached hydrogens (primary N) is 1. The van der Waals surface area contributed by atoms with Gasteiger partial charge in [0.05, 0.1) is 12.1 Å². The summed E-state index contributed by atoms with van der Waals surface area (Å²) in [6, 6.07) is 0. The molecule has 0 aromatic heterocycles. The van der Waals surface area contributed by atoms with Crippen LogP contribution in [0.25, 0.3) is 0 Å². The number of hydrogen-bond acceptors (Lipinski definition) is 3. The molecule has 0 bridgehead atoms. The van der Waals surface area contributed by atoms with E-state index in [1.54, 1.807) is 0 Å². The molecule has 88 valence electrons. The summed E-state index contributed by atoms with van der Waals surface area (Å²) in [6.45, 7) is 6.93. The third kappa shape index (κ3) is 3.70. The third-order valence-corrected chi connectivity index (χ3v) is 2.84. The smallest absolute Gasteiger partial charge is 0.407 e. The van der Waals surface area contributed by atoms with Gasteiger partial charge in [0.2, 0.25) is 0 Å². The van der Waals surface area contributed by atoms with Gasteiger partial charge in [-0.15, -0.1) is 0 Å². The molecule has 0 radical (unpaired) electrons. The van der Waals surface area contributed by atoms with Crippen molar-refractivity contribution in [3.05, 3.63) is 0 Å². The number of hydrogen-bond donors (Lipinski definition) is 2. The third-order valence-electron chi connectivity index (χ3n) is 2.84. The highest BCUT2D eigenvalue weighted by Gasteiger charge is 2.41. The Labute approximate surface area is 91.5 Å². The summed E-state index contributed by atoms with van der Waals surface area (Å²) in [5, 5.41) is 2.87. The molecular formula is C11H22N2O2. The molecule has 0 spiro atoms. The molecule has 1 aliphatic rings. The van der Waals surface area contributed by atoms with E-state index in [2.05, 4.69) is 5.32 Å². The van der Waals surface area contributed by atoms with Gasteiger partial charge in [-0.05, 0) is 31.6 Å². The monoisotopic (exact) mass is 214 g/mol. The van der Waals surface area contributed by atoms with Crippen molar-refractivity contribution in [3.8, 4) is 0 Å². The molecular weight excluding hydrogens is 192 g/mol. The molecule has 1 saturated carbocycles. The fourth-order valence-corrected chi connectivity index (χ4v) is 1.55. The van der Waals surface area contributed by atoms with E-state index in [0.29, 0.717) is 25.0 Å². The zero-order valence-electron chi connectivity index (χ0n) is 9.88. The Morgan fingerprint density at radius 3 is 2.60 bits per heavy atom. The lowest BCUT2D eigenvalue weighted by Gasteiger charge is -2.29. The highest BCUT2D eigenvalue weighted by Crippen LogP contribution is 2.38. The van der Waals surface area contributed by atoms with E-state index >= 15 is 0 Å². The molecule has 1 atom stereocenters. The molecule has 0 heterocycles. The number of carbonyl (C=O) groups is 1. The van der Waals surface area contributed by atoms with Crippen LogP contribution >= 0.6 is 0 Å². The topological polar surface area (TPSA) is 64.3 Å². The molecule has 0 aromatic rings. The maximum atomic E-state index is 11.5. The van der Waals surface area contributed by atoms with Gasteiger partial charge in [0.1, 0.15) is 0 Å². The van der Waals surface area contributed by atoms with Crippen LogP contribution in [0.5, 0.6) is 0 Å². The maximum Gasteiger partial charge on any atom is 0.407 e. The van der Waals surface area contributed by atoms with E-state index in [0.717, 1.165) is 12.8 Å². The van der Waals surface area contributed by atoms with Gasteiger partial charge in [0.25, 0.3) is 0 Å². The molecule has 4 heteroatoms. The van der Waals surface area contributed by atoms with Gasteiger partial charge in [-0.3, -0.25) is 0 Å². The molecule has 3 N–H and O–H groups in total. The Kier molecular flexibility index (Phi) is 3.97. The van der Waals surface area contributed by atoms with Crippen molar-refractivity contribution in [3.63, 3.8) is 0 Å². The van der Waals surface area contributed by atoms with Gasteiger partial charge in [-0.1, -0.05) is 13.8 Å². The summed E-state index contributed by atoms with van der Waals surface area (Å²) in [6.07, 6.45) is 1.96. The fourth-order valence-electron chi connectivity index (χ4n) is 1.55. The van der Waals surface area contributed by atoms with Gasteiger partial charge in [-0.2, -0.15) is 0 Å². The van der Waals surface area contributed by atoms with Crippen LogP contribution in [0.4, 0.5) is 4.79 Å². The highest BCUT2D eigenvalue weighted by molar-refractivity contribution is 5.68. The summed E-state index contributed by atoms with van der Waals surface area (Å²) in [7, 11) is 0. The lowest BCUT2D eigenvalue weighted by Crippen LogP contribution is -2.53. The summed E-state index contributed by atoms with van der Waals surface area (Å²) in [5.41, 5.74) is 5.40. The fraction of sp³-hybridized carbons (Fsp3) is 0.909. The molecule has 0 aromatic carbocycles. The number of nitrogens with one attached hydrogen (secondary N) is 1. The second kappa shape index (κ2) is 4.84. The van der Waals surface area contributed by atoms with E-state index in [1.165, 1.54) is 0 Å². The Hall–Kier alpha value is -0.770. The molecule has 1 aliphatic carbocycles. The van der Waals surface area contributed by atoms with E-state index in [-0.39, 0.29) is 11.6 Å². The molecule has 1 rings (SSSR count). The van der Waals surface area contributed by atoms with Crippen molar-refractivity contribution in [1.29, 1.82) is 0 Å². The summed E-state index contributed by atoms with van der Waals surface area (Å²) < 4.78 is 5.07. The predicted molar refractivity (Wildman–Crippen MR) is 59.5 cm³/mol. The number of ether oxygens (including phenoxy) is 1. The Bertz CT molecular complexity index is 227. The van der Waals surface area contributed by atoms with Crippen molar-refractivity contribution in [1.82, 2.24) is 5.32 Å². The van der Waals surface area contributed by atoms with Gasteiger partial charge >= 0.3 is 6.09 Å². The average Bonchev–Trinajstić information content (AvgIpc) is 2.97. The minimum absolute atomic E-state index is 0.284. The van der Waals surface area contributed by atoms with Crippen LogP contribution < -0.4 is 11.1 Å². The van der Waals surface area contributed by atoms with Crippen LogP contribution in [0, 0.1) is 11.8 Å². The number of carbonyl (C=O) groups excluding carboxylic acids is 1. The Morgan fingerprint density at radius 2 is 2.20 bits per heavy atom. The number of amides is 1. The van der Waals surface area contributed by atoms with Crippen molar-refractivity contribution in [2.24, 2.45) is 17.6 Å². The van der Waals surface area contributed by atoms with Crippen LogP contribution in [0.1, 0.15) is 33.6 Å². The molecule has 0 aliphatic heterocycles. The molecule has 15 heavy (non-hydrogen) atoms. The summed E-state index contributed by atoms with van der Waals surface area (Å²) in [4.78, 5) is 11.5. The van der Waals surface area contributed by atoms with Crippen molar-refractivity contribution in [2.45, 2.75) is 39.2 Å². The largest absolute Gasteiger partial charge is 0.449 e. The minimum atomic E-state index is -0.344. The standard InChI is InChI=1S/C11H22N2O2/c1-8(2)6-15-10(14)13-11(3,7-12)9-4-5-9/h8-9H,4-7,12H2,1-3H3,(H,13,14). The minimum Gasteiger partial charge on any atom is -0.449 e. The van der Waals surface area contributed by atoms with E-state index in [4.69, 9.17) is 10.5 Å².